The summed E-state index contributed by atoms with van der Waals surface area (Å²) in [5.74, 6) is -0.574. The van der Waals surface area contributed by atoms with E-state index in [1.165, 1.54) is 12.1 Å². The summed E-state index contributed by atoms with van der Waals surface area (Å²) < 4.78 is 25.1. The van der Waals surface area contributed by atoms with Gasteiger partial charge < -0.3 is 25.4 Å². The largest absolute Gasteiger partial charge is 0.449 e. The number of hydrogen-bond donors (Lipinski definition) is 2. The third kappa shape index (κ3) is 5.72. The fraction of sp³-hybridized carbons (Fsp3) is 0.476. The molecule has 2 unspecified atom stereocenters. The molecule has 168 valence electrons. The highest BCUT2D eigenvalue weighted by Crippen LogP contribution is 2.30. The van der Waals surface area contributed by atoms with Crippen LogP contribution in [0.15, 0.2) is 30.5 Å². The van der Waals surface area contributed by atoms with E-state index in [0.29, 0.717) is 50.7 Å². The fourth-order valence-corrected chi connectivity index (χ4v) is 3.65. The van der Waals surface area contributed by atoms with E-state index < -0.39 is 5.91 Å². The minimum Gasteiger partial charge on any atom is -0.449 e. The van der Waals surface area contributed by atoms with Crippen LogP contribution in [0, 0.1) is 11.7 Å². The van der Waals surface area contributed by atoms with E-state index in [-0.39, 0.29) is 29.4 Å². The van der Waals surface area contributed by atoms with Crippen molar-refractivity contribution in [2.24, 2.45) is 11.7 Å². The molecule has 3 N–H and O–H groups in total. The Kier molecular flexibility index (Phi) is 7.45. The van der Waals surface area contributed by atoms with Gasteiger partial charge in [0.2, 0.25) is 0 Å². The Morgan fingerprint density at radius 1 is 1.29 bits per heavy atom. The van der Waals surface area contributed by atoms with Crippen molar-refractivity contribution in [3.8, 4) is 0 Å². The molecule has 0 bridgehead atoms. The molecule has 1 aliphatic rings. The number of halogens is 1. The minimum absolute atomic E-state index is 0.0144. The Morgan fingerprint density at radius 2 is 2.03 bits per heavy atom. The molecule has 2 amide bonds. The number of methoxy groups -OCH3 is 1. The standard InChI is InChI=1S/C21H28FN5O4/c1-14-12-26(21(29)31-11-3-10-30-2)9-8-18(14)27-13-17(19(23)28)20(25-27)24-16-6-4-15(22)5-7-16/h4-7,13-14,18H,3,8-12H2,1-2H3,(H2,23,28)(H,24,25). The van der Waals surface area contributed by atoms with Crippen LogP contribution in [0.4, 0.5) is 20.7 Å². The molecule has 0 saturated carbocycles. The van der Waals surface area contributed by atoms with Gasteiger partial charge in [0.1, 0.15) is 11.4 Å². The minimum atomic E-state index is -0.611. The number of likely N-dealkylation sites (tertiary alicyclic amines) is 1. The molecule has 10 heteroatoms. The molecule has 3 rings (SSSR count). The topological polar surface area (TPSA) is 112 Å². The highest BCUT2D eigenvalue weighted by atomic mass is 19.1. The van der Waals surface area contributed by atoms with Gasteiger partial charge >= 0.3 is 6.09 Å². The lowest BCUT2D eigenvalue weighted by atomic mass is 9.94. The van der Waals surface area contributed by atoms with Crippen molar-refractivity contribution in [3.63, 3.8) is 0 Å². The molecule has 0 spiro atoms. The van der Waals surface area contributed by atoms with Crippen LogP contribution < -0.4 is 11.1 Å². The number of anilines is 2. The van der Waals surface area contributed by atoms with E-state index in [9.17, 15) is 14.0 Å². The molecule has 0 radical (unpaired) electrons. The van der Waals surface area contributed by atoms with Gasteiger partial charge in [0, 0.05) is 45.1 Å². The van der Waals surface area contributed by atoms with Crippen molar-refractivity contribution in [3.05, 3.63) is 41.8 Å². The number of primary amides is 1. The van der Waals surface area contributed by atoms with Gasteiger partial charge in [0.25, 0.3) is 5.91 Å². The number of aromatic nitrogens is 2. The number of hydrogen-bond acceptors (Lipinski definition) is 6. The van der Waals surface area contributed by atoms with E-state index in [0.717, 1.165) is 0 Å². The fourth-order valence-electron chi connectivity index (χ4n) is 3.65. The highest BCUT2D eigenvalue weighted by molar-refractivity contribution is 5.98. The molecule has 2 atom stereocenters. The van der Waals surface area contributed by atoms with E-state index in [1.54, 1.807) is 35.0 Å². The molecule has 1 aromatic carbocycles. The summed E-state index contributed by atoms with van der Waals surface area (Å²) in [5.41, 5.74) is 6.37. The molecule has 31 heavy (non-hydrogen) atoms. The number of benzene rings is 1. The molecule has 1 fully saturated rings. The van der Waals surface area contributed by atoms with Gasteiger partial charge in [-0.25, -0.2) is 9.18 Å². The Morgan fingerprint density at radius 3 is 2.68 bits per heavy atom. The van der Waals surface area contributed by atoms with Gasteiger partial charge in [-0.15, -0.1) is 0 Å². The van der Waals surface area contributed by atoms with Crippen molar-refractivity contribution in [2.45, 2.75) is 25.8 Å². The molecule has 9 nitrogen and oxygen atoms in total. The van der Waals surface area contributed by atoms with E-state index in [1.807, 2.05) is 6.92 Å². The van der Waals surface area contributed by atoms with E-state index >= 15 is 0 Å². The summed E-state index contributed by atoms with van der Waals surface area (Å²) in [6.45, 7) is 3.92. The second kappa shape index (κ2) is 10.3. The Bertz CT molecular complexity index is 902. The maximum Gasteiger partial charge on any atom is 0.409 e. The van der Waals surface area contributed by atoms with Gasteiger partial charge in [-0.1, -0.05) is 6.92 Å². The normalized spacial score (nSPS) is 18.6. The molecule has 0 aliphatic carbocycles. The van der Waals surface area contributed by atoms with Crippen LogP contribution in [-0.4, -0.2) is 60.1 Å². The van der Waals surface area contributed by atoms with Crippen LogP contribution in [0.5, 0.6) is 0 Å². The molecular formula is C21H28FN5O4. The second-order valence-corrected chi connectivity index (χ2v) is 7.61. The average molecular weight is 433 g/mol. The zero-order valence-electron chi connectivity index (χ0n) is 17.7. The number of piperidine rings is 1. The molecule has 2 aromatic rings. The third-order valence-electron chi connectivity index (χ3n) is 5.28. The summed E-state index contributed by atoms with van der Waals surface area (Å²) in [5, 5.41) is 7.55. The van der Waals surface area contributed by atoms with E-state index in [4.69, 9.17) is 15.2 Å². The number of amides is 2. The summed E-state index contributed by atoms with van der Waals surface area (Å²) in [7, 11) is 1.60. The zero-order chi connectivity index (χ0) is 22.4. The quantitative estimate of drug-likeness (QED) is 0.619. The van der Waals surface area contributed by atoms with Crippen molar-refractivity contribution >= 4 is 23.5 Å². The lowest BCUT2D eigenvalue weighted by Gasteiger charge is -2.36. The second-order valence-electron chi connectivity index (χ2n) is 7.61. The molecule has 1 saturated heterocycles. The molecule has 1 aliphatic heterocycles. The number of ether oxygens (including phenoxy) is 2. The van der Waals surface area contributed by atoms with Gasteiger partial charge in [-0.05, 0) is 36.6 Å². The smallest absolute Gasteiger partial charge is 0.409 e. The van der Waals surface area contributed by atoms with E-state index in [2.05, 4.69) is 10.4 Å². The first-order valence-corrected chi connectivity index (χ1v) is 10.2. The molecule has 2 heterocycles. The van der Waals surface area contributed by atoms with Gasteiger partial charge in [0.05, 0.1) is 12.6 Å². The predicted octanol–water partition coefficient (Wildman–Crippen LogP) is 2.92. The van der Waals surface area contributed by atoms with Crippen molar-refractivity contribution in [1.29, 1.82) is 0 Å². The summed E-state index contributed by atoms with van der Waals surface area (Å²) in [4.78, 5) is 25.9. The van der Waals surface area contributed by atoms with Crippen LogP contribution in [0.2, 0.25) is 0 Å². The van der Waals surface area contributed by atoms with Crippen molar-refractivity contribution in [1.82, 2.24) is 14.7 Å². The number of rotatable bonds is 8. The number of carbonyl (C=O) groups excluding carboxylic acids is 2. The van der Waals surface area contributed by atoms with Crippen LogP contribution in [-0.2, 0) is 9.47 Å². The maximum absolute atomic E-state index is 13.2. The Hall–Kier alpha value is -3.14. The predicted molar refractivity (Wildman–Crippen MR) is 113 cm³/mol. The van der Waals surface area contributed by atoms with Crippen LogP contribution in [0.3, 0.4) is 0 Å². The monoisotopic (exact) mass is 433 g/mol. The van der Waals surface area contributed by atoms with Crippen LogP contribution in [0.25, 0.3) is 0 Å². The Balaban J connectivity index is 1.66. The number of carbonyl (C=O) groups is 2. The summed E-state index contributed by atoms with van der Waals surface area (Å²) in [6, 6.07) is 5.72. The first-order chi connectivity index (χ1) is 14.9. The van der Waals surface area contributed by atoms with Gasteiger partial charge in [0.15, 0.2) is 5.82 Å². The van der Waals surface area contributed by atoms with Crippen molar-refractivity contribution < 1.29 is 23.5 Å². The highest BCUT2D eigenvalue weighted by Gasteiger charge is 2.32. The zero-order valence-corrected chi connectivity index (χ0v) is 17.7. The van der Waals surface area contributed by atoms with Gasteiger partial charge in [-0.2, -0.15) is 5.10 Å². The maximum atomic E-state index is 13.2. The Labute approximate surface area is 180 Å². The number of nitrogens with zero attached hydrogens (tertiary/aromatic N) is 3. The first-order valence-electron chi connectivity index (χ1n) is 10.2. The third-order valence-corrected chi connectivity index (χ3v) is 5.28. The van der Waals surface area contributed by atoms with Crippen molar-refractivity contribution in [2.75, 3.05) is 38.7 Å². The first kappa shape index (κ1) is 22.5. The molecular weight excluding hydrogens is 405 g/mol. The number of nitrogens with two attached hydrogens (primary N) is 1. The lowest BCUT2D eigenvalue weighted by molar-refractivity contribution is 0.0655. The summed E-state index contributed by atoms with van der Waals surface area (Å²) in [6.07, 6.45) is 2.60. The SMILES string of the molecule is COCCCOC(=O)N1CCC(n2cc(C(N)=O)c(Nc3ccc(F)cc3)n2)C(C)C1. The van der Waals surface area contributed by atoms with Crippen LogP contribution >= 0.6 is 0 Å². The molecule has 1 aromatic heterocycles. The van der Waals surface area contributed by atoms with Crippen LogP contribution in [0.1, 0.15) is 36.2 Å². The van der Waals surface area contributed by atoms with Gasteiger partial charge in [-0.3, -0.25) is 9.48 Å². The lowest BCUT2D eigenvalue weighted by Crippen LogP contribution is -2.44. The average Bonchev–Trinajstić information content (AvgIpc) is 3.16. The number of nitrogens with one attached hydrogen (secondary N) is 1. The summed E-state index contributed by atoms with van der Waals surface area (Å²) >= 11 is 0.